The van der Waals surface area contributed by atoms with Gasteiger partial charge in [-0.1, -0.05) is 96.2 Å². The van der Waals surface area contributed by atoms with E-state index in [0.29, 0.717) is 12.2 Å². The fraction of sp³-hybridized carbons (Fsp3) is 0.784. The molecule has 1 aliphatic rings. The molecule has 2 unspecified atom stereocenters. The number of fused-ring (bicyclic) bond motifs is 1. The van der Waals surface area contributed by atoms with Crippen molar-refractivity contribution in [3.63, 3.8) is 0 Å². The molecular weight excluding hydrogens is 955 g/mol. The van der Waals surface area contributed by atoms with Crippen LogP contribution in [0.5, 0.6) is 0 Å². The summed E-state index contributed by atoms with van der Waals surface area (Å²) in [5.41, 5.74) is 4.28. The summed E-state index contributed by atoms with van der Waals surface area (Å²) in [6.07, 6.45) is 8.28. The molecule has 3 rings (SSSR count). The van der Waals surface area contributed by atoms with Crippen molar-refractivity contribution in [1.29, 1.82) is 0 Å². The lowest BCUT2D eigenvalue weighted by Crippen LogP contribution is -2.46. The van der Waals surface area contributed by atoms with Crippen LogP contribution in [0.4, 0.5) is 5.82 Å². The molecule has 0 aliphatic carbocycles. The zero-order chi connectivity index (χ0) is 49.0. The Bertz CT molecular complexity index is 1980. The lowest BCUT2D eigenvalue weighted by Gasteiger charge is -2.30. The Hall–Kier alpha value is -2.48. The Balaban J connectivity index is 1.31. The van der Waals surface area contributed by atoms with Crippen LogP contribution in [0.1, 0.15) is 116 Å². The lowest BCUT2D eigenvalue weighted by atomic mass is 9.87. The first-order valence-electron chi connectivity index (χ1n) is 21.7. The predicted molar refractivity (Wildman–Crippen MR) is 239 cm³/mol. The van der Waals surface area contributed by atoms with E-state index in [1.165, 1.54) is 58.8 Å². The minimum atomic E-state index is -5.58. The molecular formula is C37H66N7O18P3S. The monoisotopic (exact) mass is 1020 g/mol. The summed E-state index contributed by atoms with van der Waals surface area (Å²) in [6, 6.07) is 0. The first-order chi connectivity index (χ1) is 31.1. The van der Waals surface area contributed by atoms with Gasteiger partial charge in [0.05, 0.1) is 19.5 Å². The normalized spacial score (nSPS) is 20.2. The molecule has 25 nitrogen and oxygen atoms in total. The Labute approximate surface area is 387 Å². The SMILES string of the molecule is CC(C)(COP(=O)(O)OP(=O)(O)OC[C@H]1O[C@@H](n2cnc3c(N)ncnc32)[C@H](O)[C@@H]1OP(=O)(O)O)[C@@H](O)C(=O)NCCC(=O)NCCSC(=O)CCCCCCCCCCCCCCCO. The number of thioether (sulfide) groups is 1. The maximum atomic E-state index is 12.7. The summed E-state index contributed by atoms with van der Waals surface area (Å²) in [5.74, 6) is -1.04. The molecule has 3 heterocycles. The van der Waals surface area contributed by atoms with Crippen LogP contribution in [0.2, 0.25) is 0 Å². The molecule has 0 spiro atoms. The van der Waals surface area contributed by atoms with Gasteiger partial charge in [0.2, 0.25) is 11.8 Å². The van der Waals surface area contributed by atoms with Gasteiger partial charge in [-0.15, -0.1) is 0 Å². The minimum Gasteiger partial charge on any atom is -0.396 e. The van der Waals surface area contributed by atoms with Crippen molar-refractivity contribution in [2.45, 2.75) is 141 Å². The second-order valence-electron chi connectivity index (χ2n) is 16.4. The van der Waals surface area contributed by atoms with Gasteiger partial charge in [0.1, 0.15) is 36.3 Å². The summed E-state index contributed by atoms with van der Waals surface area (Å²) in [6.45, 7) is 0.828. The molecule has 378 valence electrons. The van der Waals surface area contributed by atoms with Crippen molar-refractivity contribution in [3.8, 4) is 0 Å². The van der Waals surface area contributed by atoms with Crippen LogP contribution in [0, 0.1) is 5.41 Å². The molecule has 1 saturated heterocycles. The first kappa shape index (κ1) is 57.8. The fourth-order valence-electron chi connectivity index (χ4n) is 6.69. The van der Waals surface area contributed by atoms with Gasteiger partial charge in [-0.2, -0.15) is 4.31 Å². The number of aliphatic hydroxyl groups excluding tert-OH is 3. The van der Waals surface area contributed by atoms with Crippen LogP contribution in [-0.2, 0) is 50.7 Å². The number of hydrogen-bond acceptors (Lipinski definition) is 19. The Kier molecular flexibility index (Phi) is 24.8. The van der Waals surface area contributed by atoms with E-state index in [2.05, 4.69) is 34.4 Å². The Morgan fingerprint density at radius 1 is 0.864 bits per heavy atom. The van der Waals surface area contributed by atoms with Gasteiger partial charge < -0.3 is 56.0 Å². The van der Waals surface area contributed by atoms with Gasteiger partial charge in [0.15, 0.2) is 22.8 Å². The second kappa shape index (κ2) is 28.3. The van der Waals surface area contributed by atoms with E-state index in [4.69, 9.17) is 24.6 Å². The highest BCUT2D eigenvalue weighted by atomic mass is 32.2. The number of amides is 2. The van der Waals surface area contributed by atoms with Gasteiger partial charge >= 0.3 is 23.5 Å². The van der Waals surface area contributed by atoms with Crippen LogP contribution in [0.15, 0.2) is 12.7 Å². The number of aliphatic hydroxyl groups is 3. The number of nitrogens with zero attached hydrogens (tertiary/aromatic N) is 4. The number of hydrogen-bond donors (Lipinski definition) is 10. The molecule has 1 aliphatic heterocycles. The number of ether oxygens (including phenoxy) is 1. The van der Waals surface area contributed by atoms with Gasteiger partial charge in [-0.25, -0.2) is 28.6 Å². The molecule has 0 radical (unpaired) electrons. The van der Waals surface area contributed by atoms with Crippen molar-refractivity contribution >= 4 is 69.1 Å². The number of phosphoric ester groups is 3. The maximum Gasteiger partial charge on any atom is 0.481 e. The van der Waals surface area contributed by atoms with E-state index >= 15 is 0 Å². The zero-order valence-corrected chi connectivity index (χ0v) is 40.6. The molecule has 66 heavy (non-hydrogen) atoms. The number of anilines is 1. The largest absolute Gasteiger partial charge is 0.481 e. The predicted octanol–water partition coefficient (Wildman–Crippen LogP) is 3.12. The van der Waals surface area contributed by atoms with Crippen molar-refractivity contribution < 1.29 is 85.6 Å². The average Bonchev–Trinajstić information content (AvgIpc) is 3.80. The van der Waals surface area contributed by atoms with Crippen molar-refractivity contribution in [3.05, 3.63) is 12.7 Å². The number of rotatable bonds is 34. The van der Waals surface area contributed by atoms with Crippen LogP contribution >= 0.6 is 35.2 Å². The van der Waals surface area contributed by atoms with Gasteiger partial charge in [0, 0.05) is 43.7 Å². The van der Waals surface area contributed by atoms with E-state index in [0.717, 1.165) is 67.5 Å². The quantitative estimate of drug-likeness (QED) is 0.0355. The number of nitrogens with two attached hydrogens (primary N) is 1. The number of carbonyl (C=O) groups is 3. The molecule has 7 atom stereocenters. The van der Waals surface area contributed by atoms with Crippen LogP contribution < -0.4 is 16.4 Å². The zero-order valence-electron chi connectivity index (χ0n) is 37.1. The smallest absolute Gasteiger partial charge is 0.396 e. The molecule has 0 bridgehead atoms. The summed E-state index contributed by atoms with van der Waals surface area (Å²) in [7, 11) is -16.4. The number of nitrogens with one attached hydrogen (secondary N) is 2. The lowest BCUT2D eigenvalue weighted by molar-refractivity contribution is -0.137. The second-order valence-corrected chi connectivity index (χ2v) is 21.7. The number of aromatic nitrogens is 4. The standard InChI is InChI=1S/C37H66N7O18P3S/c1-37(2,32(49)35(50)40-18-17-27(46)39-19-21-66-28(47)16-14-12-10-8-6-4-3-5-7-9-11-13-15-20-45)23-59-65(56,57)62-64(54,55)58-22-26-31(61-63(51,52)53)30(48)36(60-26)44-25-43-29-33(38)41-24-42-34(29)44/h24-26,30-32,36,45,48-49H,3-23H2,1-2H3,(H,39,46)(H,40,50)(H,54,55)(H,56,57)(H2,38,41,42)(H2,51,52,53)/t26-,30-,31-,32+,36-/m1/s1. The molecule has 2 aromatic heterocycles. The van der Waals surface area contributed by atoms with Crippen LogP contribution in [0.3, 0.4) is 0 Å². The van der Waals surface area contributed by atoms with Crippen molar-refractivity contribution in [2.24, 2.45) is 5.41 Å². The highest BCUT2D eigenvalue weighted by Crippen LogP contribution is 2.61. The third-order valence-electron chi connectivity index (χ3n) is 10.3. The van der Waals surface area contributed by atoms with E-state index in [-0.39, 0.29) is 48.2 Å². The van der Waals surface area contributed by atoms with E-state index in [1.54, 1.807) is 0 Å². The Morgan fingerprint density at radius 3 is 2.06 bits per heavy atom. The van der Waals surface area contributed by atoms with Crippen molar-refractivity contribution in [2.75, 3.05) is 44.4 Å². The number of phosphoric acid groups is 3. The summed E-state index contributed by atoms with van der Waals surface area (Å²) in [4.78, 5) is 88.3. The molecule has 2 amide bonds. The summed E-state index contributed by atoms with van der Waals surface area (Å²) >= 11 is 1.14. The van der Waals surface area contributed by atoms with Crippen molar-refractivity contribution in [1.82, 2.24) is 30.2 Å². The maximum absolute atomic E-state index is 12.7. The number of carbonyl (C=O) groups excluding carboxylic acids is 3. The molecule has 29 heteroatoms. The molecule has 0 saturated carbocycles. The minimum absolute atomic E-state index is 0.0314. The van der Waals surface area contributed by atoms with E-state index in [1.807, 2.05) is 0 Å². The first-order valence-corrected chi connectivity index (χ1v) is 27.2. The third-order valence-corrected chi connectivity index (χ3v) is 14.3. The number of unbranched alkanes of at least 4 members (excludes halogenated alkanes) is 12. The highest BCUT2D eigenvalue weighted by molar-refractivity contribution is 8.13. The molecule has 2 aromatic rings. The molecule has 1 fully saturated rings. The number of nitrogen functional groups attached to an aromatic ring is 1. The average molecular weight is 1020 g/mol. The highest BCUT2D eigenvalue weighted by Gasteiger charge is 2.50. The van der Waals surface area contributed by atoms with E-state index in [9.17, 15) is 57.9 Å². The van der Waals surface area contributed by atoms with Crippen LogP contribution in [-0.4, -0.2) is 134 Å². The molecule has 11 N–H and O–H groups in total. The van der Waals surface area contributed by atoms with Gasteiger partial charge in [0.25, 0.3) is 0 Å². The Morgan fingerprint density at radius 2 is 1.45 bits per heavy atom. The van der Waals surface area contributed by atoms with Gasteiger partial charge in [-0.05, 0) is 12.8 Å². The fourth-order valence-corrected chi connectivity index (χ4v) is 10.2. The summed E-state index contributed by atoms with van der Waals surface area (Å²) in [5, 5.41) is 35.4. The third kappa shape index (κ3) is 21.0. The summed E-state index contributed by atoms with van der Waals surface area (Å²) < 4.78 is 62.4. The van der Waals surface area contributed by atoms with E-state index < -0.39 is 84.6 Å². The number of imidazole rings is 1. The topological polar surface area (TPSA) is 384 Å². The van der Waals surface area contributed by atoms with Gasteiger partial charge in [-0.3, -0.25) is 32.5 Å². The molecule has 0 aromatic carbocycles. The van der Waals surface area contributed by atoms with Crippen LogP contribution in [0.25, 0.3) is 11.2 Å².